The van der Waals surface area contributed by atoms with Gasteiger partial charge in [0.2, 0.25) is 15.9 Å². The number of rotatable bonds is 8. The number of halogens is 2. The number of nitrogens with one attached hydrogen (secondary N) is 1. The molecule has 0 heterocycles. The number of carbonyl (C=O) groups excluding carboxylic acids is 1. The van der Waals surface area contributed by atoms with E-state index in [1.807, 2.05) is 0 Å². The molecule has 0 bridgehead atoms. The average Bonchev–Trinajstić information content (AvgIpc) is 2.65. The van der Waals surface area contributed by atoms with Crippen LogP contribution in [0.4, 0.5) is 4.39 Å². The van der Waals surface area contributed by atoms with Gasteiger partial charge in [0.1, 0.15) is 5.82 Å². The van der Waals surface area contributed by atoms with Crippen LogP contribution in [0.2, 0.25) is 5.02 Å². The van der Waals surface area contributed by atoms with Gasteiger partial charge in [0.25, 0.3) is 0 Å². The van der Waals surface area contributed by atoms with Crippen LogP contribution in [-0.4, -0.2) is 31.7 Å². The highest BCUT2D eigenvalue weighted by Gasteiger charge is 2.22. The van der Waals surface area contributed by atoms with Crippen molar-refractivity contribution >= 4 is 27.5 Å². The van der Waals surface area contributed by atoms with Crippen molar-refractivity contribution in [1.29, 1.82) is 0 Å². The third-order valence-corrected chi connectivity index (χ3v) is 6.92. The van der Waals surface area contributed by atoms with E-state index in [9.17, 15) is 17.6 Å². The van der Waals surface area contributed by atoms with Crippen molar-refractivity contribution in [3.05, 3.63) is 64.4 Å². The molecule has 0 aliphatic rings. The van der Waals surface area contributed by atoms with E-state index < -0.39 is 15.8 Å². The fourth-order valence-electron chi connectivity index (χ4n) is 2.88. The first-order valence-electron chi connectivity index (χ1n) is 9.03. The standard InChI is InChI=1S/C20H24ClFN2O3S/c1-4-24(5-2)28(26,27)16-11-9-15(10-12-16)14(3)23-20(25)13-17-18(21)7-6-8-19(17)22/h6-12,14H,4-5,13H2,1-3H3,(H,23,25). The highest BCUT2D eigenvalue weighted by Crippen LogP contribution is 2.21. The van der Waals surface area contributed by atoms with E-state index in [4.69, 9.17) is 11.6 Å². The number of benzene rings is 2. The molecule has 28 heavy (non-hydrogen) atoms. The minimum absolute atomic E-state index is 0.148. The number of carbonyl (C=O) groups is 1. The normalized spacial score (nSPS) is 12.8. The highest BCUT2D eigenvalue weighted by molar-refractivity contribution is 7.89. The molecule has 1 atom stereocenters. The fourth-order valence-corrected chi connectivity index (χ4v) is 4.57. The first kappa shape index (κ1) is 22.3. The van der Waals surface area contributed by atoms with Gasteiger partial charge in [-0.1, -0.05) is 43.6 Å². The van der Waals surface area contributed by atoms with Gasteiger partial charge < -0.3 is 5.32 Å². The SMILES string of the molecule is CCN(CC)S(=O)(=O)c1ccc(C(C)NC(=O)Cc2c(F)cccc2Cl)cc1. The van der Waals surface area contributed by atoms with Crippen LogP contribution >= 0.6 is 11.6 Å². The van der Waals surface area contributed by atoms with Crippen molar-refractivity contribution < 1.29 is 17.6 Å². The fraction of sp³-hybridized carbons (Fsp3) is 0.350. The molecule has 0 aliphatic heterocycles. The van der Waals surface area contributed by atoms with E-state index in [-0.39, 0.29) is 33.9 Å². The summed E-state index contributed by atoms with van der Waals surface area (Å²) in [5.41, 5.74) is 0.890. The van der Waals surface area contributed by atoms with Gasteiger partial charge in [-0.3, -0.25) is 4.79 Å². The van der Waals surface area contributed by atoms with E-state index in [0.29, 0.717) is 13.1 Å². The van der Waals surface area contributed by atoms with Crippen molar-refractivity contribution in [3.63, 3.8) is 0 Å². The predicted octanol–water partition coefficient (Wildman–Crippen LogP) is 3.93. The quantitative estimate of drug-likeness (QED) is 0.695. The Labute approximate surface area is 170 Å². The number of hydrogen-bond donors (Lipinski definition) is 1. The lowest BCUT2D eigenvalue weighted by Gasteiger charge is -2.19. The minimum atomic E-state index is -3.53. The van der Waals surface area contributed by atoms with Gasteiger partial charge in [-0.05, 0) is 36.8 Å². The molecule has 2 aromatic rings. The Bertz CT molecular complexity index is 909. The van der Waals surface area contributed by atoms with Crippen molar-refractivity contribution in [2.75, 3.05) is 13.1 Å². The minimum Gasteiger partial charge on any atom is -0.349 e. The van der Waals surface area contributed by atoms with Gasteiger partial charge in [-0.15, -0.1) is 0 Å². The molecule has 2 rings (SSSR count). The zero-order valence-corrected chi connectivity index (χ0v) is 17.6. The summed E-state index contributed by atoms with van der Waals surface area (Å²) in [6.07, 6.45) is -0.176. The number of sulfonamides is 1. The Morgan fingerprint density at radius 3 is 2.29 bits per heavy atom. The van der Waals surface area contributed by atoms with Crippen molar-refractivity contribution in [3.8, 4) is 0 Å². The van der Waals surface area contributed by atoms with Crippen LogP contribution in [0, 0.1) is 5.82 Å². The molecule has 1 N–H and O–H groups in total. The van der Waals surface area contributed by atoms with E-state index in [1.165, 1.54) is 34.6 Å². The summed E-state index contributed by atoms with van der Waals surface area (Å²) >= 11 is 5.96. The van der Waals surface area contributed by atoms with Crippen LogP contribution < -0.4 is 5.32 Å². The summed E-state index contributed by atoms with van der Waals surface area (Å²) in [5, 5.41) is 2.98. The Morgan fingerprint density at radius 2 is 1.75 bits per heavy atom. The predicted molar refractivity (Wildman–Crippen MR) is 108 cm³/mol. The maximum atomic E-state index is 13.8. The molecule has 1 unspecified atom stereocenters. The second kappa shape index (κ2) is 9.49. The molecule has 0 radical (unpaired) electrons. The van der Waals surface area contributed by atoms with Gasteiger partial charge in [0, 0.05) is 23.7 Å². The third kappa shape index (κ3) is 5.10. The average molecular weight is 427 g/mol. The Balaban J connectivity index is 2.09. The van der Waals surface area contributed by atoms with Crippen LogP contribution in [0.15, 0.2) is 47.4 Å². The van der Waals surface area contributed by atoms with E-state index >= 15 is 0 Å². The van der Waals surface area contributed by atoms with Crippen molar-refractivity contribution in [2.24, 2.45) is 0 Å². The molecule has 8 heteroatoms. The Hall–Kier alpha value is -1.96. The summed E-state index contributed by atoms with van der Waals surface area (Å²) in [5.74, 6) is -0.902. The molecule has 5 nitrogen and oxygen atoms in total. The molecule has 0 aromatic heterocycles. The lowest BCUT2D eigenvalue weighted by Crippen LogP contribution is -2.31. The maximum absolute atomic E-state index is 13.8. The molecular weight excluding hydrogens is 403 g/mol. The molecular formula is C20H24ClFN2O3S. The Morgan fingerprint density at radius 1 is 1.14 bits per heavy atom. The van der Waals surface area contributed by atoms with Crippen molar-refractivity contribution in [1.82, 2.24) is 9.62 Å². The van der Waals surface area contributed by atoms with Gasteiger partial charge in [0.05, 0.1) is 17.4 Å². The Kier molecular flexibility index (Phi) is 7.57. The summed E-state index contributed by atoms with van der Waals surface area (Å²) < 4.78 is 40.3. The van der Waals surface area contributed by atoms with E-state index in [2.05, 4.69) is 5.32 Å². The summed E-state index contributed by atoms with van der Waals surface area (Å²) in [7, 11) is -3.53. The summed E-state index contributed by atoms with van der Waals surface area (Å²) in [6, 6.07) is 10.3. The van der Waals surface area contributed by atoms with Crippen LogP contribution in [0.3, 0.4) is 0 Å². The topological polar surface area (TPSA) is 66.5 Å². The molecule has 152 valence electrons. The van der Waals surface area contributed by atoms with Crippen LogP contribution in [0.25, 0.3) is 0 Å². The van der Waals surface area contributed by atoms with E-state index in [0.717, 1.165) is 5.56 Å². The first-order valence-corrected chi connectivity index (χ1v) is 10.8. The van der Waals surface area contributed by atoms with Gasteiger partial charge in [-0.2, -0.15) is 4.31 Å². The number of nitrogens with zero attached hydrogens (tertiary/aromatic N) is 1. The molecule has 2 aromatic carbocycles. The third-order valence-electron chi connectivity index (χ3n) is 4.50. The number of hydrogen-bond acceptors (Lipinski definition) is 3. The van der Waals surface area contributed by atoms with E-state index in [1.54, 1.807) is 32.9 Å². The smallest absolute Gasteiger partial charge is 0.243 e. The summed E-state index contributed by atoms with van der Waals surface area (Å²) in [6.45, 7) is 6.13. The van der Waals surface area contributed by atoms with Crippen LogP contribution in [0.1, 0.15) is 37.9 Å². The molecule has 0 spiro atoms. The second-order valence-electron chi connectivity index (χ2n) is 6.32. The first-order chi connectivity index (χ1) is 13.2. The molecule has 0 aliphatic carbocycles. The van der Waals surface area contributed by atoms with Crippen LogP contribution in [-0.2, 0) is 21.2 Å². The molecule has 0 fully saturated rings. The van der Waals surface area contributed by atoms with Gasteiger partial charge in [0.15, 0.2) is 0 Å². The lowest BCUT2D eigenvalue weighted by atomic mass is 10.1. The summed E-state index contributed by atoms with van der Waals surface area (Å²) in [4.78, 5) is 12.5. The van der Waals surface area contributed by atoms with Gasteiger partial charge >= 0.3 is 0 Å². The number of amides is 1. The molecule has 0 saturated heterocycles. The highest BCUT2D eigenvalue weighted by atomic mass is 35.5. The zero-order valence-electron chi connectivity index (χ0n) is 16.1. The lowest BCUT2D eigenvalue weighted by molar-refractivity contribution is -0.121. The van der Waals surface area contributed by atoms with Crippen LogP contribution in [0.5, 0.6) is 0 Å². The molecule has 1 amide bonds. The second-order valence-corrected chi connectivity index (χ2v) is 8.67. The maximum Gasteiger partial charge on any atom is 0.243 e. The monoisotopic (exact) mass is 426 g/mol. The largest absolute Gasteiger partial charge is 0.349 e. The zero-order chi connectivity index (χ0) is 20.9. The van der Waals surface area contributed by atoms with Crippen molar-refractivity contribution in [2.45, 2.75) is 38.1 Å². The van der Waals surface area contributed by atoms with Gasteiger partial charge in [-0.25, -0.2) is 12.8 Å². The molecule has 0 saturated carbocycles.